The van der Waals surface area contributed by atoms with Crippen molar-refractivity contribution in [3.8, 4) is 11.3 Å². The first-order valence-corrected chi connectivity index (χ1v) is 8.57. The van der Waals surface area contributed by atoms with Gasteiger partial charge in [0.2, 0.25) is 0 Å². The summed E-state index contributed by atoms with van der Waals surface area (Å²) >= 11 is 0. The molecule has 0 spiro atoms. The Morgan fingerprint density at radius 3 is 2.55 bits per heavy atom. The molecule has 120 valence electrons. The Morgan fingerprint density at radius 2 is 1.86 bits per heavy atom. The Balaban J connectivity index is 2.05. The number of aromatic nitrogens is 2. The third-order valence-electron chi connectivity index (χ3n) is 3.88. The molecule has 2 aromatic rings. The molecule has 0 radical (unpaired) electrons. The van der Waals surface area contributed by atoms with Gasteiger partial charge in [-0.3, -0.25) is 0 Å². The summed E-state index contributed by atoms with van der Waals surface area (Å²) in [5.41, 5.74) is 2.19. The first-order chi connectivity index (χ1) is 10.7. The van der Waals surface area contributed by atoms with Gasteiger partial charge in [-0.2, -0.15) is 0 Å². The van der Waals surface area contributed by atoms with Crippen molar-refractivity contribution >= 4 is 0 Å². The maximum absolute atomic E-state index is 4.81. The lowest BCUT2D eigenvalue weighted by Gasteiger charge is -2.19. The fraction of sp³-hybridized carbons (Fsp3) is 0.526. The Bertz CT molecular complexity index is 531. The molecule has 0 aliphatic carbocycles. The number of nitrogens with zero attached hydrogens (tertiary/aromatic N) is 1. The maximum Gasteiger partial charge on any atom is 0.124 e. The van der Waals surface area contributed by atoms with Crippen molar-refractivity contribution in [3.63, 3.8) is 0 Å². The second-order valence-corrected chi connectivity index (χ2v) is 6.26. The zero-order valence-electron chi connectivity index (χ0n) is 14.1. The van der Waals surface area contributed by atoms with Crippen LogP contribution in [-0.4, -0.2) is 16.0 Å². The molecule has 1 aromatic carbocycles. The molecule has 22 heavy (non-hydrogen) atoms. The van der Waals surface area contributed by atoms with E-state index in [1.165, 1.54) is 31.2 Å². The van der Waals surface area contributed by atoms with Crippen molar-refractivity contribution in [1.82, 2.24) is 15.3 Å². The van der Waals surface area contributed by atoms with E-state index in [0.717, 1.165) is 17.9 Å². The molecule has 1 atom stereocenters. The predicted octanol–water partition coefficient (Wildman–Crippen LogP) is 5.09. The van der Waals surface area contributed by atoms with Gasteiger partial charge >= 0.3 is 0 Å². The maximum atomic E-state index is 4.81. The molecule has 0 amide bonds. The monoisotopic (exact) mass is 299 g/mol. The average molecular weight is 299 g/mol. The Morgan fingerprint density at radius 1 is 1.09 bits per heavy atom. The summed E-state index contributed by atoms with van der Waals surface area (Å²) in [4.78, 5) is 8.19. The van der Waals surface area contributed by atoms with E-state index in [1.54, 1.807) is 0 Å². The van der Waals surface area contributed by atoms with Crippen LogP contribution in [0.3, 0.4) is 0 Å². The van der Waals surface area contributed by atoms with Crippen LogP contribution < -0.4 is 5.32 Å². The van der Waals surface area contributed by atoms with E-state index in [9.17, 15) is 0 Å². The minimum atomic E-state index is 0.314. The molecular formula is C19H29N3. The van der Waals surface area contributed by atoms with E-state index in [-0.39, 0.29) is 0 Å². The third-order valence-corrected chi connectivity index (χ3v) is 3.88. The summed E-state index contributed by atoms with van der Waals surface area (Å²) in [7, 11) is 0. The number of unbranched alkanes of at least 4 members (excludes halogenated alkanes) is 3. The van der Waals surface area contributed by atoms with Crippen LogP contribution in [0.4, 0.5) is 0 Å². The lowest BCUT2D eigenvalue weighted by molar-refractivity contribution is 0.419. The lowest BCUT2D eigenvalue weighted by Crippen LogP contribution is -2.29. The van der Waals surface area contributed by atoms with Crippen molar-refractivity contribution in [3.05, 3.63) is 42.4 Å². The van der Waals surface area contributed by atoms with Gasteiger partial charge in [-0.1, -0.05) is 76.8 Å². The number of H-pyrrole nitrogens is 1. The molecule has 0 bridgehead atoms. The van der Waals surface area contributed by atoms with E-state index in [0.29, 0.717) is 12.1 Å². The highest BCUT2D eigenvalue weighted by Crippen LogP contribution is 2.22. The topological polar surface area (TPSA) is 40.7 Å². The van der Waals surface area contributed by atoms with Crippen molar-refractivity contribution in [2.24, 2.45) is 0 Å². The first-order valence-electron chi connectivity index (χ1n) is 8.57. The molecule has 1 heterocycles. The van der Waals surface area contributed by atoms with E-state index in [2.05, 4.69) is 55.3 Å². The number of benzene rings is 1. The molecule has 0 saturated heterocycles. The van der Waals surface area contributed by atoms with Gasteiger partial charge in [-0.25, -0.2) is 4.98 Å². The summed E-state index contributed by atoms with van der Waals surface area (Å²) in [6.45, 7) is 6.64. The van der Waals surface area contributed by atoms with Gasteiger partial charge in [-0.15, -0.1) is 0 Å². The molecule has 0 fully saturated rings. The summed E-state index contributed by atoms with van der Waals surface area (Å²) in [5, 5.41) is 3.64. The van der Waals surface area contributed by atoms with Crippen molar-refractivity contribution in [2.45, 2.75) is 65.0 Å². The van der Waals surface area contributed by atoms with Crippen LogP contribution in [0.15, 0.2) is 36.5 Å². The zero-order valence-corrected chi connectivity index (χ0v) is 14.1. The molecule has 1 aromatic heterocycles. The van der Waals surface area contributed by atoms with Crippen LogP contribution in [0.2, 0.25) is 0 Å². The highest BCUT2D eigenvalue weighted by atomic mass is 15.0. The Hall–Kier alpha value is -1.61. The first kappa shape index (κ1) is 16.8. The molecule has 0 aliphatic heterocycles. The quantitative estimate of drug-likeness (QED) is 0.633. The van der Waals surface area contributed by atoms with Crippen molar-refractivity contribution in [2.75, 3.05) is 0 Å². The molecule has 0 aliphatic rings. The van der Waals surface area contributed by atoms with Crippen LogP contribution in [0.1, 0.15) is 64.7 Å². The number of aromatic amines is 1. The van der Waals surface area contributed by atoms with Gasteiger partial charge in [0.15, 0.2) is 0 Å². The van der Waals surface area contributed by atoms with Gasteiger partial charge in [0, 0.05) is 17.8 Å². The Kier molecular flexibility index (Phi) is 6.66. The van der Waals surface area contributed by atoms with E-state index >= 15 is 0 Å². The minimum Gasteiger partial charge on any atom is -0.347 e. The number of nitrogens with one attached hydrogen (secondary N) is 2. The minimum absolute atomic E-state index is 0.314. The SMILES string of the molecule is CCCCCC[C@@H](NC(C)C)c1nc(-c2ccccc2)c[nH]1. The largest absolute Gasteiger partial charge is 0.347 e. The Labute approximate surface area is 134 Å². The van der Waals surface area contributed by atoms with Crippen LogP contribution in [0.5, 0.6) is 0 Å². The van der Waals surface area contributed by atoms with Crippen LogP contribution >= 0.6 is 0 Å². The summed E-state index contributed by atoms with van der Waals surface area (Å²) < 4.78 is 0. The average Bonchev–Trinajstić information content (AvgIpc) is 3.01. The molecule has 0 unspecified atom stereocenters. The standard InChI is InChI=1S/C19H29N3/c1-4-5-6-10-13-17(21-15(2)3)19-20-14-18(22-19)16-11-8-7-9-12-16/h7-9,11-12,14-15,17,21H,4-6,10,13H2,1-3H3,(H,20,22)/t17-/m1/s1. The zero-order chi connectivity index (χ0) is 15.8. The number of rotatable bonds is 9. The third kappa shape index (κ3) is 4.99. The smallest absolute Gasteiger partial charge is 0.124 e. The predicted molar refractivity (Wildman–Crippen MR) is 93.8 cm³/mol. The molecule has 3 nitrogen and oxygen atoms in total. The molecule has 3 heteroatoms. The number of hydrogen-bond acceptors (Lipinski definition) is 2. The van der Waals surface area contributed by atoms with Gasteiger partial charge in [-0.05, 0) is 6.42 Å². The fourth-order valence-electron chi connectivity index (χ4n) is 2.75. The second kappa shape index (κ2) is 8.74. The molecule has 2 rings (SSSR count). The van der Waals surface area contributed by atoms with E-state index < -0.39 is 0 Å². The molecule has 2 N–H and O–H groups in total. The molecule has 0 saturated carbocycles. The van der Waals surface area contributed by atoms with Crippen LogP contribution in [-0.2, 0) is 0 Å². The van der Waals surface area contributed by atoms with Crippen molar-refractivity contribution in [1.29, 1.82) is 0 Å². The van der Waals surface area contributed by atoms with E-state index in [1.807, 2.05) is 12.3 Å². The normalized spacial score (nSPS) is 12.7. The lowest BCUT2D eigenvalue weighted by atomic mass is 10.1. The van der Waals surface area contributed by atoms with E-state index in [4.69, 9.17) is 4.98 Å². The van der Waals surface area contributed by atoms with Gasteiger partial charge in [0.05, 0.1) is 11.7 Å². The van der Waals surface area contributed by atoms with Crippen molar-refractivity contribution < 1.29 is 0 Å². The van der Waals surface area contributed by atoms with Crippen LogP contribution in [0, 0.1) is 0 Å². The highest BCUT2D eigenvalue weighted by Gasteiger charge is 2.16. The van der Waals surface area contributed by atoms with Gasteiger partial charge in [0.1, 0.15) is 5.82 Å². The van der Waals surface area contributed by atoms with Gasteiger partial charge in [0.25, 0.3) is 0 Å². The molecular weight excluding hydrogens is 270 g/mol. The summed E-state index contributed by atoms with van der Waals surface area (Å²) in [6.07, 6.45) is 8.31. The summed E-state index contributed by atoms with van der Waals surface area (Å²) in [5.74, 6) is 1.06. The number of hydrogen-bond donors (Lipinski definition) is 2. The highest BCUT2D eigenvalue weighted by molar-refractivity contribution is 5.58. The fourth-order valence-corrected chi connectivity index (χ4v) is 2.75. The summed E-state index contributed by atoms with van der Waals surface area (Å²) in [6, 6.07) is 11.1. The second-order valence-electron chi connectivity index (χ2n) is 6.26. The number of imidazole rings is 1. The van der Waals surface area contributed by atoms with Gasteiger partial charge < -0.3 is 10.3 Å². The van der Waals surface area contributed by atoms with Crippen LogP contribution in [0.25, 0.3) is 11.3 Å².